The van der Waals surface area contributed by atoms with E-state index in [0.29, 0.717) is 24.9 Å². The van der Waals surface area contributed by atoms with E-state index in [1.165, 1.54) is 16.2 Å². The van der Waals surface area contributed by atoms with Crippen molar-refractivity contribution in [2.75, 3.05) is 13.2 Å². The SMILES string of the molecule is CC[C@H](NC(=O)OCC1c2ccccc2-c2ccccc21)C(=O)N1CCc2sccc2C1C(=O)O. The van der Waals surface area contributed by atoms with Crippen molar-refractivity contribution in [2.24, 2.45) is 0 Å². The van der Waals surface area contributed by atoms with Crippen molar-refractivity contribution in [3.05, 3.63) is 81.5 Å². The van der Waals surface area contributed by atoms with Crippen LogP contribution in [0.3, 0.4) is 0 Å². The summed E-state index contributed by atoms with van der Waals surface area (Å²) in [5.74, 6) is -1.57. The molecule has 0 bridgehead atoms. The van der Waals surface area contributed by atoms with E-state index in [1.807, 2.05) is 41.8 Å². The Labute approximate surface area is 207 Å². The van der Waals surface area contributed by atoms with Crippen LogP contribution in [0.4, 0.5) is 4.79 Å². The van der Waals surface area contributed by atoms with Gasteiger partial charge in [0.2, 0.25) is 5.91 Å². The maximum absolute atomic E-state index is 13.3. The Morgan fingerprint density at radius 2 is 1.71 bits per heavy atom. The molecule has 2 amide bonds. The average Bonchev–Trinajstić information content (AvgIpc) is 3.47. The number of hydrogen-bond acceptors (Lipinski definition) is 5. The molecule has 3 aromatic rings. The number of carbonyl (C=O) groups is 3. The standard InChI is InChI=1S/C27H26N2O5S/c1-2-22(25(30)29-13-11-23-20(12-14-35-23)24(29)26(31)32)28-27(33)34-15-21-18-9-5-3-7-16(18)17-8-4-6-10-19(17)21/h3-10,12,14,21-22,24H,2,11,13,15H2,1H3,(H,28,33)(H,31,32)/t22-,24?/m0/s1. The van der Waals surface area contributed by atoms with E-state index >= 15 is 0 Å². The maximum Gasteiger partial charge on any atom is 0.407 e. The summed E-state index contributed by atoms with van der Waals surface area (Å²) in [6, 6.07) is 16.0. The molecule has 8 heteroatoms. The van der Waals surface area contributed by atoms with Gasteiger partial charge in [-0.3, -0.25) is 4.79 Å². The van der Waals surface area contributed by atoms with E-state index in [2.05, 4.69) is 17.4 Å². The number of benzene rings is 2. The number of carbonyl (C=O) groups excluding carboxylic acids is 2. The summed E-state index contributed by atoms with van der Waals surface area (Å²) < 4.78 is 5.59. The van der Waals surface area contributed by atoms with E-state index < -0.39 is 30.1 Å². The number of thiophene rings is 1. The molecule has 1 unspecified atom stereocenters. The Kier molecular flexibility index (Phi) is 6.30. The Morgan fingerprint density at radius 1 is 1.06 bits per heavy atom. The summed E-state index contributed by atoms with van der Waals surface area (Å²) in [5, 5.41) is 14.3. The number of ether oxygens (including phenoxy) is 1. The molecule has 0 saturated carbocycles. The van der Waals surface area contributed by atoms with E-state index in [0.717, 1.165) is 27.1 Å². The molecule has 1 aliphatic carbocycles. The maximum atomic E-state index is 13.3. The number of alkyl carbamates (subject to hydrolysis) is 1. The van der Waals surface area contributed by atoms with Crippen LogP contribution in [0.25, 0.3) is 11.1 Å². The first kappa shape index (κ1) is 23.1. The number of rotatable bonds is 6. The van der Waals surface area contributed by atoms with Crippen molar-refractivity contribution >= 4 is 29.3 Å². The number of nitrogens with one attached hydrogen (secondary N) is 1. The predicted octanol–water partition coefficient (Wildman–Crippen LogP) is 4.58. The fourth-order valence-electron chi connectivity index (χ4n) is 5.14. The number of amides is 2. The zero-order chi connectivity index (χ0) is 24.5. The van der Waals surface area contributed by atoms with Gasteiger partial charge >= 0.3 is 12.1 Å². The quantitative estimate of drug-likeness (QED) is 0.528. The molecule has 2 aromatic carbocycles. The molecular weight excluding hydrogens is 464 g/mol. The van der Waals surface area contributed by atoms with E-state index in [1.54, 1.807) is 13.0 Å². The highest BCUT2D eigenvalue weighted by molar-refractivity contribution is 7.10. The van der Waals surface area contributed by atoms with Gasteiger partial charge in [-0.15, -0.1) is 11.3 Å². The molecule has 1 aliphatic heterocycles. The van der Waals surface area contributed by atoms with E-state index in [4.69, 9.17) is 4.74 Å². The Balaban J connectivity index is 1.27. The highest BCUT2D eigenvalue weighted by Crippen LogP contribution is 2.44. The summed E-state index contributed by atoms with van der Waals surface area (Å²) in [6.07, 6.45) is 0.235. The molecule has 0 fully saturated rings. The van der Waals surface area contributed by atoms with Crippen LogP contribution in [-0.4, -0.2) is 47.2 Å². The van der Waals surface area contributed by atoms with Gasteiger partial charge in [-0.25, -0.2) is 9.59 Å². The van der Waals surface area contributed by atoms with Crippen molar-refractivity contribution in [3.8, 4) is 11.1 Å². The number of carboxylic acid groups (broad SMARTS) is 1. The minimum atomic E-state index is -1.08. The lowest BCUT2D eigenvalue weighted by Crippen LogP contribution is -2.52. The van der Waals surface area contributed by atoms with Crippen molar-refractivity contribution < 1.29 is 24.2 Å². The van der Waals surface area contributed by atoms with E-state index in [-0.39, 0.29) is 12.5 Å². The van der Waals surface area contributed by atoms with Crippen molar-refractivity contribution in [1.82, 2.24) is 10.2 Å². The highest BCUT2D eigenvalue weighted by Gasteiger charge is 2.39. The second-order valence-corrected chi connectivity index (χ2v) is 9.75. The van der Waals surface area contributed by atoms with Crippen LogP contribution >= 0.6 is 11.3 Å². The molecule has 2 N–H and O–H groups in total. The molecule has 0 spiro atoms. The van der Waals surface area contributed by atoms with E-state index in [9.17, 15) is 19.5 Å². The van der Waals surface area contributed by atoms with Crippen LogP contribution in [0.15, 0.2) is 60.0 Å². The summed E-state index contributed by atoms with van der Waals surface area (Å²) in [7, 11) is 0. The number of hydrogen-bond donors (Lipinski definition) is 2. The molecule has 5 rings (SSSR count). The molecule has 2 aliphatic rings. The molecular formula is C27H26N2O5S. The lowest BCUT2D eigenvalue weighted by molar-refractivity contribution is -0.152. The second-order valence-electron chi connectivity index (χ2n) is 8.75. The second kappa shape index (κ2) is 9.54. The third-order valence-corrected chi connectivity index (χ3v) is 7.82. The number of nitrogens with zero attached hydrogens (tertiary/aromatic N) is 1. The Bertz CT molecular complexity index is 1240. The van der Waals surface area contributed by atoms with Gasteiger partial charge in [-0.05, 0) is 52.1 Å². The molecule has 0 radical (unpaired) electrons. The summed E-state index contributed by atoms with van der Waals surface area (Å²) in [4.78, 5) is 40.4. The third-order valence-electron chi connectivity index (χ3n) is 6.82. The molecule has 0 saturated heterocycles. The molecule has 1 aromatic heterocycles. The lowest BCUT2D eigenvalue weighted by atomic mass is 9.98. The summed E-state index contributed by atoms with van der Waals surface area (Å²) >= 11 is 1.50. The predicted molar refractivity (Wildman–Crippen MR) is 132 cm³/mol. The first-order valence-corrected chi connectivity index (χ1v) is 12.6. The summed E-state index contributed by atoms with van der Waals surface area (Å²) in [6.45, 7) is 2.22. The molecule has 35 heavy (non-hydrogen) atoms. The topological polar surface area (TPSA) is 95.9 Å². The van der Waals surface area contributed by atoms with Gasteiger partial charge in [0, 0.05) is 17.3 Å². The van der Waals surface area contributed by atoms with Gasteiger partial charge in [0.15, 0.2) is 6.04 Å². The fraction of sp³-hybridized carbons (Fsp3) is 0.296. The fourth-order valence-corrected chi connectivity index (χ4v) is 6.04. The monoisotopic (exact) mass is 490 g/mol. The van der Waals surface area contributed by atoms with Crippen LogP contribution in [0.5, 0.6) is 0 Å². The molecule has 2 atom stereocenters. The van der Waals surface area contributed by atoms with Crippen LogP contribution in [0, 0.1) is 0 Å². The minimum Gasteiger partial charge on any atom is -0.479 e. The molecule has 180 valence electrons. The van der Waals surface area contributed by atoms with Gasteiger partial charge in [0.1, 0.15) is 12.6 Å². The summed E-state index contributed by atoms with van der Waals surface area (Å²) in [5.41, 5.74) is 5.13. The Morgan fingerprint density at radius 3 is 2.34 bits per heavy atom. The number of fused-ring (bicyclic) bond motifs is 4. The van der Waals surface area contributed by atoms with Crippen LogP contribution in [0.2, 0.25) is 0 Å². The van der Waals surface area contributed by atoms with Crippen LogP contribution in [0.1, 0.15) is 46.9 Å². The average molecular weight is 491 g/mol. The first-order chi connectivity index (χ1) is 17.0. The molecule has 2 heterocycles. The zero-order valence-corrected chi connectivity index (χ0v) is 20.1. The third kappa shape index (κ3) is 4.18. The van der Waals surface area contributed by atoms with Gasteiger partial charge in [0.25, 0.3) is 0 Å². The van der Waals surface area contributed by atoms with Gasteiger partial charge in [-0.1, -0.05) is 55.5 Å². The molecule has 7 nitrogen and oxygen atoms in total. The van der Waals surface area contributed by atoms with Gasteiger partial charge in [0.05, 0.1) is 0 Å². The lowest BCUT2D eigenvalue weighted by Gasteiger charge is -2.35. The van der Waals surface area contributed by atoms with Crippen molar-refractivity contribution in [1.29, 1.82) is 0 Å². The van der Waals surface area contributed by atoms with Crippen LogP contribution in [-0.2, 0) is 20.7 Å². The first-order valence-electron chi connectivity index (χ1n) is 11.7. The number of carboxylic acids is 1. The number of aliphatic carboxylic acids is 1. The smallest absolute Gasteiger partial charge is 0.407 e. The zero-order valence-electron chi connectivity index (χ0n) is 19.3. The van der Waals surface area contributed by atoms with Crippen molar-refractivity contribution in [2.45, 2.75) is 37.8 Å². The van der Waals surface area contributed by atoms with Gasteiger partial charge < -0.3 is 20.1 Å². The minimum absolute atomic E-state index is 0.0839. The van der Waals surface area contributed by atoms with Crippen LogP contribution < -0.4 is 5.32 Å². The normalized spacial score (nSPS) is 17.2. The van der Waals surface area contributed by atoms with Crippen molar-refractivity contribution in [3.63, 3.8) is 0 Å². The largest absolute Gasteiger partial charge is 0.479 e. The highest BCUT2D eigenvalue weighted by atomic mass is 32.1. The van der Waals surface area contributed by atoms with Gasteiger partial charge in [-0.2, -0.15) is 0 Å². The Hall–Kier alpha value is -3.65.